The summed E-state index contributed by atoms with van der Waals surface area (Å²) in [5.74, 6) is 0.136. The van der Waals surface area contributed by atoms with Crippen LogP contribution in [0.5, 0.6) is 5.75 Å². The van der Waals surface area contributed by atoms with Crippen molar-refractivity contribution in [3.05, 3.63) is 95.2 Å². The quantitative estimate of drug-likeness (QED) is 0.338. The van der Waals surface area contributed by atoms with Crippen molar-refractivity contribution in [1.82, 2.24) is 15.2 Å². The summed E-state index contributed by atoms with van der Waals surface area (Å²) in [6.45, 7) is 0. The summed E-state index contributed by atoms with van der Waals surface area (Å²) in [7, 11) is 1.61. The van der Waals surface area contributed by atoms with Crippen molar-refractivity contribution < 1.29 is 19.1 Å². The molecule has 40 heavy (non-hydrogen) atoms. The summed E-state index contributed by atoms with van der Waals surface area (Å²) in [6.07, 6.45) is 4.46. The van der Waals surface area contributed by atoms with Crippen LogP contribution in [0, 0.1) is 0 Å². The van der Waals surface area contributed by atoms with E-state index in [0.717, 1.165) is 53.4 Å². The predicted molar refractivity (Wildman–Crippen MR) is 152 cm³/mol. The number of para-hydroxylation sites is 2. The van der Waals surface area contributed by atoms with E-state index in [1.807, 2.05) is 48.5 Å². The lowest BCUT2D eigenvalue weighted by atomic mass is 9.89. The Morgan fingerprint density at radius 2 is 1.68 bits per heavy atom. The van der Waals surface area contributed by atoms with E-state index in [1.54, 1.807) is 36.3 Å². The second-order valence-corrected chi connectivity index (χ2v) is 10.8. The normalized spacial score (nSPS) is 20.6. The van der Waals surface area contributed by atoms with Gasteiger partial charge in [-0.05, 0) is 54.3 Å². The smallest absolute Gasteiger partial charge is 0.332 e. The lowest BCUT2D eigenvalue weighted by molar-refractivity contribution is -0.120. The van der Waals surface area contributed by atoms with Gasteiger partial charge in [0.25, 0.3) is 11.8 Å². The number of urea groups is 1. The van der Waals surface area contributed by atoms with Crippen LogP contribution in [-0.4, -0.2) is 46.9 Å². The molecule has 7 rings (SSSR count). The lowest BCUT2D eigenvalue weighted by Gasteiger charge is -2.36. The zero-order valence-corrected chi connectivity index (χ0v) is 22.2. The Hall–Kier alpha value is -4.59. The predicted octanol–water partition coefficient (Wildman–Crippen LogP) is 5.33. The number of anilines is 1. The Morgan fingerprint density at radius 3 is 2.45 bits per heavy atom. The number of aromatic amines is 1. The van der Waals surface area contributed by atoms with Gasteiger partial charge in [0.15, 0.2) is 0 Å². The van der Waals surface area contributed by atoms with Crippen LogP contribution in [0.15, 0.2) is 72.8 Å². The lowest BCUT2D eigenvalue weighted by Crippen LogP contribution is -2.44. The Bertz CT molecular complexity index is 1640. The van der Waals surface area contributed by atoms with Crippen molar-refractivity contribution in [2.75, 3.05) is 12.0 Å². The number of nitrogens with one attached hydrogen (secondary N) is 2. The number of ether oxygens (including phenoxy) is 1. The van der Waals surface area contributed by atoms with Gasteiger partial charge in [-0.2, -0.15) is 0 Å². The first-order chi connectivity index (χ1) is 19.5. The molecule has 0 bridgehead atoms. The van der Waals surface area contributed by atoms with Crippen molar-refractivity contribution in [3.63, 3.8) is 0 Å². The number of rotatable bonds is 5. The van der Waals surface area contributed by atoms with E-state index < -0.39 is 18.1 Å². The number of imide groups is 1. The van der Waals surface area contributed by atoms with Gasteiger partial charge in [0.05, 0.1) is 18.4 Å². The minimum atomic E-state index is -0.697. The van der Waals surface area contributed by atoms with Crippen LogP contribution in [-0.2, 0) is 11.2 Å². The second-order valence-electron chi connectivity index (χ2n) is 10.8. The highest BCUT2D eigenvalue weighted by Crippen LogP contribution is 2.45. The van der Waals surface area contributed by atoms with Gasteiger partial charge in [-0.25, -0.2) is 9.69 Å². The molecule has 3 aromatic carbocycles. The molecular weight excluding hydrogens is 504 g/mol. The Labute approximate surface area is 231 Å². The molecule has 1 aliphatic carbocycles. The molecule has 0 spiro atoms. The monoisotopic (exact) mass is 534 g/mol. The molecule has 4 aromatic rings. The van der Waals surface area contributed by atoms with Gasteiger partial charge in [-0.1, -0.05) is 55.3 Å². The van der Waals surface area contributed by atoms with Gasteiger partial charge < -0.3 is 15.0 Å². The molecule has 3 heterocycles. The highest BCUT2D eigenvalue weighted by atomic mass is 16.5. The maximum absolute atomic E-state index is 14.3. The molecule has 202 valence electrons. The minimum absolute atomic E-state index is 0.120. The number of hydrogen-bond acceptors (Lipinski definition) is 4. The number of H-pyrrole nitrogens is 1. The Balaban J connectivity index is 1.32. The SMILES string of the molecule is COc1ccc(C2c3[nH]c4ccccc4c3C[C@H]3C(=O)N(c4ccccc4C(=O)NC4CCCC4)C(=O)N23)cc1. The summed E-state index contributed by atoms with van der Waals surface area (Å²) in [5, 5.41) is 4.16. The van der Waals surface area contributed by atoms with Crippen LogP contribution in [0.3, 0.4) is 0 Å². The Morgan fingerprint density at radius 1 is 0.950 bits per heavy atom. The van der Waals surface area contributed by atoms with Crippen LogP contribution in [0.1, 0.15) is 58.9 Å². The van der Waals surface area contributed by atoms with E-state index in [4.69, 9.17) is 4.74 Å². The third-order valence-electron chi connectivity index (χ3n) is 8.56. The summed E-state index contributed by atoms with van der Waals surface area (Å²) in [4.78, 5) is 48.2. The summed E-state index contributed by atoms with van der Waals surface area (Å²) in [6, 6.07) is 21.0. The van der Waals surface area contributed by atoms with Crippen molar-refractivity contribution in [3.8, 4) is 5.75 Å². The number of methoxy groups -OCH3 is 1. The minimum Gasteiger partial charge on any atom is -0.497 e. The molecule has 2 N–H and O–H groups in total. The van der Waals surface area contributed by atoms with Gasteiger partial charge in [0.1, 0.15) is 17.8 Å². The zero-order valence-electron chi connectivity index (χ0n) is 22.2. The van der Waals surface area contributed by atoms with E-state index in [-0.39, 0.29) is 17.9 Å². The molecule has 0 radical (unpaired) electrons. The molecule has 8 nitrogen and oxygen atoms in total. The van der Waals surface area contributed by atoms with Crippen LogP contribution in [0.2, 0.25) is 0 Å². The molecule has 3 aliphatic rings. The fraction of sp³-hybridized carbons (Fsp3) is 0.281. The van der Waals surface area contributed by atoms with E-state index in [0.29, 0.717) is 23.4 Å². The first kappa shape index (κ1) is 24.5. The fourth-order valence-corrected chi connectivity index (χ4v) is 6.62. The van der Waals surface area contributed by atoms with Gasteiger partial charge in [-0.3, -0.25) is 14.5 Å². The van der Waals surface area contributed by atoms with Crippen LogP contribution >= 0.6 is 0 Å². The number of fused-ring (bicyclic) bond motifs is 4. The van der Waals surface area contributed by atoms with E-state index in [1.165, 1.54) is 4.90 Å². The number of benzene rings is 3. The molecular formula is C32H30N4O4. The van der Waals surface area contributed by atoms with Crippen molar-refractivity contribution in [2.45, 2.75) is 50.2 Å². The molecule has 2 aliphatic heterocycles. The van der Waals surface area contributed by atoms with E-state index in [2.05, 4.69) is 10.3 Å². The molecule has 1 saturated heterocycles. The van der Waals surface area contributed by atoms with Crippen molar-refractivity contribution in [1.29, 1.82) is 0 Å². The van der Waals surface area contributed by atoms with E-state index >= 15 is 0 Å². The Kier molecular flexibility index (Phi) is 5.84. The number of hydrogen-bond donors (Lipinski definition) is 2. The topological polar surface area (TPSA) is 94.7 Å². The highest BCUT2D eigenvalue weighted by molar-refractivity contribution is 6.24. The standard InChI is InChI=1S/C32H30N4O4/c1-40-21-16-14-19(15-17-21)29-28-24(22-10-4-6-12-25(22)34-28)18-27-31(38)36(32(39)35(27)29)26-13-7-5-11-23(26)30(37)33-20-8-2-3-9-20/h4-7,10-17,20,27,29,34H,2-3,8-9,18H2,1H3,(H,33,37)/t27-,29?/m0/s1. The number of carbonyl (C=O) groups excluding carboxylic acids is 3. The van der Waals surface area contributed by atoms with Gasteiger partial charge >= 0.3 is 6.03 Å². The number of carbonyl (C=O) groups is 3. The molecule has 1 unspecified atom stereocenters. The molecule has 1 saturated carbocycles. The first-order valence-corrected chi connectivity index (χ1v) is 13.8. The maximum atomic E-state index is 14.3. The molecule has 8 heteroatoms. The number of amides is 4. The maximum Gasteiger partial charge on any atom is 0.332 e. The number of nitrogens with zero attached hydrogens (tertiary/aromatic N) is 2. The van der Waals surface area contributed by atoms with Crippen LogP contribution in [0.4, 0.5) is 10.5 Å². The van der Waals surface area contributed by atoms with Gasteiger partial charge in [0, 0.05) is 29.1 Å². The van der Waals surface area contributed by atoms with E-state index in [9.17, 15) is 14.4 Å². The first-order valence-electron chi connectivity index (χ1n) is 13.8. The summed E-state index contributed by atoms with van der Waals surface area (Å²) < 4.78 is 5.37. The largest absolute Gasteiger partial charge is 0.497 e. The summed E-state index contributed by atoms with van der Waals surface area (Å²) >= 11 is 0. The van der Waals surface area contributed by atoms with Gasteiger partial charge in [-0.15, -0.1) is 0 Å². The third-order valence-corrected chi connectivity index (χ3v) is 8.56. The molecule has 2 fully saturated rings. The fourth-order valence-electron chi connectivity index (χ4n) is 6.62. The molecule has 2 atom stereocenters. The average Bonchev–Trinajstić information content (AvgIpc) is 3.69. The number of aromatic nitrogens is 1. The van der Waals surface area contributed by atoms with Crippen LogP contribution < -0.4 is 15.0 Å². The van der Waals surface area contributed by atoms with Crippen molar-refractivity contribution in [2.24, 2.45) is 0 Å². The molecule has 1 aromatic heterocycles. The summed E-state index contributed by atoms with van der Waals surface area (Å²) in [5.41, 5.74) is 4.43. The highest BCUT2D eigenvalue weighted by Gasteiger charge is 2.53. The molecule has 4 amide bonds. The third kappa shape index (κ3) is 3.78. The zero-order chi connectivity index (χ0) is 27.4. The van der Waals surface area contributed by atoms with Crippen molar-refractivity contribution >= 4 is 34.4 Å². The van der Waals surface area contributed by atoms with Gasteiger partial charge in [0.2, 0.25) is 0 Å². The van der Waals surface area contributed by atoms with Crippen LogP contribution in [0.25, 0.3) is 10.9 Å². The second kappa shape index (κ2) is 9.55. The average molecular weight is 535 g/mol.